The minimum absolute atomic E-state index is 0.226. The number of fused-ring (bicyclic) bond motifs is 1. The first-order chi connectivity index (χ1) is 13.0. The van der Waals surface area contributed by atoms with E-state index in [2.05, 4.69) is 10.9 Å². The number of hydrogen-bond acceptors (Lipinski definition) is 5. The van der Waals surface area contributed by atoms with Crippen LogP contribution >= 0.6 is 11.6 Å². The maximum Gasteiger partial charge on any atom is 0.269 e. The molecule has 0 aliphatic carbocycles. The molecule has 0 saturated carbocycles. The summed E-state index contributed by atoms with van der Waals surface area (Å²) in [6.07, 6.45) is 0.477. The summed E-state index contributed by atoms with van der Waals surface area (Å²) in [5, 5.41) is 0.582. The van der Waals surface area contributed by atoms with Crippen LogP contribution in [0.3, 0.4) is 0 Å². The Morgan fingerprint density at radius 2 is 1.78 bits per heavy atom. The van der Waals surface area contributed by atoms with Crippen LogP contribution in [0.2, 0.25) is 5.02 Å². The first kappa shape index (κ1) is 18.8. The van der Waals surface area contributed by atoms with E-state index in [9.17, 15) is 9.59 Å². The van der Waals surface area contributed by atoms with Gasteiger partial charge in [-0.15, -0.1) is 0 Å². The number of ether oxygens (including phenoxy) is 3. The SMILES string of the molecule is COc1cc(OC)cc(C(=O)NNC(=O)[C@H]2COc3ccc(Cl)cc3C2)c1. The lowest BCUT2D eigenvalue weighted by Crippen LogP contribution is -2.47. The lowest BCUT2D eigenvalue weighted by molar-refractivity contribution is -0.127. The fourth-order valence-corrected chi connectivity index (χ4v) is 2.96. The molecular weight excluding hydrogens is 372 g/mol. The van der Waals surface area contributed by atoms with E-state index < -0.39 is 11.8 Å². The minimum Gasteiger partial charge on any atom is -0.497 e. The zero-order chi connectivity index (χ0) is 19.4. The van der Waals surface area contributed by atoms with Crippen molar-refractivity contribution in [2.24, 2.45) is 5.92 Å². The average molecular weight is 391 g/mol. The monoisotopic (exact) mass is 390 g/mol. The Morgan fingerprint density at radius 3 is 2.44 bits per heavy atom. The maximum atomic E-state index is 12.4. The van der Waals surface area contributed by atoms with Crippen LogP contribution in [0.1, 0.15) is 15.9 Å². The van der Waals surface area contributed by atoms with Crippen molar-refractivity contribution in [3.05, 3.63) is 52.5 Å². The Labute approximate surface area is 161 Å². The van der Waals surface area contributed by atoms with E-state index in [-0.39, 0.29) is 12.5 Å². The molecule has 1 aliphatic heterocycles. The molecule has 2 amide bonds. The largest absolute Gasteiger partial charge is 0.497 e. The van der Waals surface area contributed by atoms with Gasteiger partial charge in [-0.25, -0.2) is 0 Å². The molecule has 2 aromatic carbocycles. The van der Waals surface area contributed by atoms with Crippen molar-refractivity contribution >= 4 is 23.4 Å². The lowest BCUT2D eigenvalue weighted by atomic mass is 9.96. The molecule has 3 rings (SSSR count). The van der Waals surface area contributed by atoms with Crippen molar-refractivity contribution in [3.63, 3.8) is 0 Å². The Kier molecular flexibility index (Phi) is 5.71. The Bertz CT molecular complexity index is 849. The average Bonchev–Trinajstić information content (AvgIpc) is 2.70. The quantitative estimate of drug-likeness (QED) is 0.783. The molecular formula is C19H19ClN2O5. The fraction of sp³-hybridized carbons (Fsp3) is 0.263. The summed E-state index contributed by atoms with van der Waals surface area (Å²) in [4.78, 5) is 24.7. The second kappa shape index (κ2) is 8.18. The van der Waals surface area contributed by atoms with Gasteiger partial charge >= 0.3 is 0 Å². The number of halogens is 1. The number of nitrogens with one attached hydrogen (secondary N) is 2. The summed E-state index contributed by atoms with van der Waals surface area (Å²) in [5.41, 5.74) is 5.99. The molecule has 2 N–H and O–H groups in total. The highest BCUT2D eigenvalue weighted by Crippen LogP contribution is 2.29. The highest BCUT2D eigenvalue weighted by Gasteiger charge is 2.26. The molecule has 8 heteroatoms. The van der Waals surface area contributed by atoms with Crippen molar-refractivity contribution in [2.75, 3.05) is 20.8 Å². The van der Waals surface area contributed by atoms with Gasteiger partial charge in [-0.05, 0) is 42.3 Å². The fourth-order valence-electron chi connectivity index (χ4n) is 2.76. The molecule has 1 heterocycles. The van der Waals surface area contributed by atoms with Crippen LogP contribution in [-0.2, 0) is 11.2 Å². The topological polar surface area (TPSA) is 85.9 Å². The third-order valence-corrected chi connectivity index (χ3v) is 4.45. The highest BCUT2D eigenvalue weighted by atomic mass is 35.5. The molecule has 27 heavy (non-hydrogen) atoms. The maximum absolute atomic E-state index is 12.4. The van der Waals surface area contributed by atoms with Crippen molar-refractivity contribution in [3.8, 4) is 17.2 Å². The molecule has 0 spiro atoms. The predicted molar refractivity (Wildman–Crippen MR) is 99.3 cm³/mol. The number of carbonyl (C=O) groups excluding carboxylic acids is 2. The summed E-state index contributed by atoms with van der Waals surface area (Å²) >= 11 is 5.99. The molecule has 0 bridgehead atoms. The minimum atomic E-state index is -0.485. The van der Waals surface area contributed by atoms with Crippen LogP contribution in [0.25, 0.3) is 0 Å². The van der Waals surface area contributed by atoms with Gasteiger partial charge in [0, 0.05) is 16.7 Å². The molecule has 2 aromatic rings. The smallest absolute Gasteiger partial charge is 0.269 e. The van der Waals surface area contributed by atoms with Crippen LogP contribution in [-0.4, -0.2) is 32.6 Å². The Hall–Kier alpha value is -2.93. The van der Waals surface area contributed by atoms with Gasteiger partial charge in [-0.2, -0.15) is 0 Å². The number of hydrazine groups is 1. The normalized spacial score (nSPS) is 15.1. The number of hydrogen-bond donors (Lipinski definition) is 2. The molecule has 1 aliphatic rings. The van der Waals surface area contributed by atoms with E-state index in [0.717, 1.165) is 11.3 Å². The summed E-state index contributed by atoms with van der Waals surface area (Å²) in [6.45, 7) is 0.226. The third kappa shape index (κ3) is 4.43. The second-order valence-corrected chi connectivity index (χ2v) is 6.45. The van der Waals surface area contributed by atoms with E-state index in [1.165, 1.54) is 14.2 Å². The van der Waals surface area contributed by atoms with E-state index in [1.54, 1.807) is 36.4 Å². The molecule has 0 fully saturated rings. The number of benzene rings is 2. The van der Waals surface area contributed by atoms with Crippen molar-refractivity contribution < 1.29 is 23.8 Å². The number of amides is 2. The molecule has 7 nitrogen and oxygen atoms in total. The van der Waals surface area contributed by atoms with Gasteiger partial charge < -0.3 is 14.2 Å². The Balaban J connectivity index is 1.62. The first-order valence-corrected chi connectivity index (χ1v) is 8.62. The van der Waals surface area contributed by atoms with Gasteiger partial charge in [-0.3, -0.25) is 20.4 Å². The zero-order valence-electron chi connectivity index (χ0n) is 14.9. The van der Waals surface area contributed by atoms with E-state index >= 15 is 0 Å². The van der Waals surface area contributed by atoms with Gasteiger partial charge in [0.15, 0.2) is 0 Å². The third-order valence-electron chi connectivity index (χ3n) is 4.21. The summed E-state index contributed by atoms with van der Waals surface area (Å²) in [7, 11) is 2.98. The second-order valence-electron chi connectivity index (χ2n) is 6.01. The van der Waals surface area contributed by atoms with Crippen molar-refractivity contribution in [2.45, 2.75) is 6.42 Å². The summed E-state index contributed by atoms with van der Waals surface area (Å²) in [6, 6.07) is 10.0. The van der Waals surface area contributed by atoms with E-state index in [1.807, 2.05) is 0 Å². The predicted octanol–water partition coefficient (Wildman–Crippen LogP) is 2.37. The van der Waals surface area contributed by atoms with E-state index in [0.29, 0.717) is 28.5 Å². The van der Waals surface area contributed by atoms with Crippen LogP contribution in [0, 0.1) is 5.92 Å². The standard InChI is InChI=1S/C19H19ClN2O5/c1-25-15-7-12(8-16(9-15)26-2)18(23)21-22-19(24)13-5-11-6-14(20)3-4-17(11)27-10-13/h3-4,6-9,13H,5,10H2,1-2H3,(H,21,23)(H,22,24)/t13-/m1/s1. The van der Waals surface area contributed by atoms with Crippen LogP contribution < -0.4 is 25.1 Å². The van der Waals surface area contributed by atoms with Gasteiger partial charge in [-0.1, -0.05) is 11.6 Å². The molecule has 1 atom stereocenters. The first-order valence-electron chi connectivity index (χ1n) is 8.24. The number of methoxy groups -OCH3 is 2. The van der Waals surface area contributed by atoms with Crippen molar-refractivity contribution in [1.29, 1.82) is 0 Å². The zero-order valence-corrected chi connectivity index (χ0v) is 15.6. The number of carbonyl (C=O) groups is 2. The van der Waals surface area contributed by atoms with Gasteiger partial charge in [0.2, 0.25) is 5.91 Å². The molecule has 0 saturated heterocycles. The van der Waals surface area contributed by atoms with Crippen LogP contribution in [0.5, 0.6) is 17.2 Å². The molecule has 0 aromatic heterocycles. The molecule has 142 valence electrons. The van der Waals surface area contributed by atoms with Crippen LogP contribution in [0.4, 0.5) is 0 Å². The summed E-state index contributed by atoms with van der Waals surface area (Å²) < 4.78 is 15.9. The van der Waals surface area contributed by atoms with Gasteiger partial charge in [0.1, 0.15) is 23.9 Å². The molecule has 0 radical (unpaired) electrons. The van der Waals surface area contributed by atoms with Gasteiger partial charge in [0.25, 0.3) is 5.91 Å². The lowest BCUT2D eigenvalue weighted by Gasteiger charge is -2.24. The highest BCUT2D eigenvalue weighted by molar-refractivity contribution is 6.30. The Morgan fingerprint density at radius 1 is 1.07 bits per heavy atom. The van der Waals surface area contributed by atoms with Crippen LogP contribution in [0.15, 0.2) is 36.4 Å². The molecule has 0 unspecified atom stereocenters. The van der Waals surface area contributed by atoms with Gasteiger partial charge in [0.05, 0.1) is 20.1 Å². The number of rotatable bonds is 4. The van der Waals surface area contributed by atoms with Crippen molar-refractivity contribution in [1.82, 2.24) is 10.9 Å². The summed E-state index contributed by atoms with van der Waals surface area (Å²) in [5.74, 6) is 0.400. The van der Waals surface area contributed by atoms with E-state index in [4.69, 9.17) is 25.8 Å².